The number of aromatic nitrogens is 1. The molecule has 0 bridgehead atoms. The molecule has 0 unspecified atom stereocenters. The highest BCUT2D eigenvalue weighted by atomic mass is 32.2. The van der Waals surface area contributed by atoms with Gasteiger partial charge in [-0.1, -0.05) is 58.4 Å². The molecular weight excluding hydrogens is 1220 g/mol. The molecule has 480 valence electrons. The first-order chi connectivity index (χ1) is 41.4. The highest BCUT2D eigenvalue weighted by Gasteiger charge is 2.47. The van der Waals surface area contributed by atoms with Crippen molar-refractivity contribution in [1.29, 1.82) is 0 Å². The van der Waals surface area contributed by atoms with Crippen LogP contribution in [0.1, 0.15) is 147 Å². The predicted molar refractivity (Wildman–Crippen MR) is 339 cm³/mol. The second-order valence-electron chi connectivity index (χ2n) is 25.3. The van der Waals surface area contributed by atoms with Crippen LogP contribution in [-0.4, -0.2) is 116 Å². The van der Waals surface area contributed by atoms with Crippen LogP contribution in [0.3, 0.4) is 0 Å². The molecular formula is C64H80N6O15S4. The first-order valence-electron chi connectivity index (χ1n) is 29.8. The Balaban J connectivity index is 0.949. The van der Waals surface area contributed by atoms with E-state index in [9.17, 15) is 66.6 Å². The third-order valence-electron chi connectivity index (χ3n) is 17.5. The maximum absolute atomic E-state index is 13.5. The molecule has 8 rings (SSSR count). The summed E-state index contributed by atoms with van der Waals surface area (Å²) in [6.45, 7) is 17.8. The number of hydrogen-bond acceptors (Lipinski definition) is 15. The zero-order valence-corrected chi connectivity index (χ0v) is 54.8. The van der Waals surface area contributed by atoms with E-state index in [1.165, 1.54) is 24.3 Å². The van der Waals surface area contributed by atoms with Crippen molar-refractivity contribution in [1.82, 2.24) is 5.32 Å². The van der Waals surface area contributed by atoms with Crippen LogP contribution in [0.4, 0.5) is 22.9 Å². The molecule has 0 fully saturated rings. The van der Waals surface area contributed by atoms with Crippen molar-refractivity contribution in [3.63, 3.8) is 0 Å². The Morgan fingerprint density at radius 3 is 1.76 bits per heavy atom. The average molecular weight is 1300 g/mol. The molecule has 4 aromatic rings. The second kappa shape index (κ2) is 26.3. The number of aliphatic imine (C=N–C) groups is 1. The van der Waals surface area contributed by atoms with E-state index < -0.39 is 79.6 Å². The third kappa shape index (κ3) is 15.5. The lowest BCUT2D eigenvalue weighted by atomic mass is 9.81. The number of benzene rings is 3. The summed E-state index contributed by atoms with van der Waals surface area (Å²) in [5.74, 6) is -1.40. The van der Waals surface area contributed by atoms with Crippen LogP contribution in [0.25, 0.3) is 0 Å². The number of aliphatic carboxylic acids is 1. The first-order valence-corrected chi connectivity index (χ1v) is 35.8. The van der Waals surface area contributed by atoms with Crippen molar-refractivity contribution in [3.8, 4) is 0 Å². The topological polar surface area (TPSA) is 315 Å². The van der Waals surface area contributed by atoms with Gasteiger partial charge in [0.05, 0.1) is 59.2 Å². The fourth-order valence-electron chi connectivity index (χ4n) is 12.7. The lowest BCUT2D eigenvalue weighted by Gasteiger charge is -2.27. The van der Waals surface area contributed by atoms with Gasteiger partial charge in [-0.05, 0) is 155 Å². The van der Waals surface area contributed by atoms with Crippen molar-refractivity contribution in [2.24, 2.45) is 4.99 Å². The van der Waals surface area contributed by atoms with Crippen LogP contribution < -0.4 is 19.7 Å². The Bertz CT molecular complexity index is 4120. The van der Waals surface area contributed by atoms with Crippen LogP contribution in [0.5, 0.6) is 0 Å². The third-order valence-corrected chi connectivity index (χ3v) is 20.8. The number of allylic oxidation sites excluding steroid dienone is 8. The smallest absolute Gasteiger partial charge is 0.327 e. The number of pyridine rings is 1. The van der Waals surface area contributed by atoms with Gasteiger partial charge in [-0.15, -0.1) is 0 Å². The highest BCUT2D eigenvalue weighted by Crippen LogP contribution is 2.50. The molecule has 3 aromatic carbocycles. The molecule has 1 amide bonds. The molecule has 5 heterocycles. The number of carbonyl (C=O) groups excluding carboxylic acids is 1. The number of carboxylic acids is 1. The summed E-state index contributed by atoms with van der Waals surface area (Å²) in [4.78, 5) is 33.3. The minimum absolute atomic E-state index is 0.0387. The summed E-state index contributed by atoms with van der Waals surface area (Å²) >= 11 is 0. The molecule has 89 heavy (non-hydrogen) atoms. The standard InChI is InChI=1S/C64H80N6O15S4/c1-61(2)47-20-17-33-67(34-18-38-86(74,75)76)60(47)66-54(61)21-15-22-55-63(5,6)49-41-45(88(80,81)82)28-31-52(49)68(55)35-13-9-11-25-58(71)65-43-44-27-30-51-48(40-44)62(3,4)56(70(51)37-19-39-87(77,78)79)23-16-24-57-64(7,8)50-42-46(89(83,84)85)29-32-53(50)69(57)36-14-10-12-26-59(72)73/h15-17,20-24,27-33,40-42H,9-14,18-19,25-26,34-39,43H2,1-8H3,(H4-2,65,71,72,73,74,75,76,77,78,79,80,81,82,83,84,85). The number of hydrogen-bond donors (Lipinski definition) is 4. The quantitative estimate of drug-likeness (QED) is 0.0234. The number of aryl methyl sites for hydroxylation is 1. The molecule has 25 heteroatoms. The summed E-state index contributed by atoms with van der Waals surface area (Å²) in [6.07, 6.45) is 17.6. The number of carbonyl (C=O) groups is 2. The van der Waals surface area contributed by atoms with E-state index in [4.69, 9.17) is 4.99 Å². The number of nitrogens with one attached hydrogen (secondary N) is 1. The van der Waals surface area contributed by atoms with Gasteiger partial charge in [-0.3, -0.25) is 18.7 Å². The Kier molecular flexibility index (Phi) is 20.1. The molecule has 4 aliphatic rings. The Morgan fingerprint density at radius 2 is 1.15 bits per heavy atom. The normalized spacial score (nSPS) is 18.3. The molecule has 0 atom stereocenters. The SMILES string of the molecule is CC1(C)C(=CC=CC2=[N+](CCCCCC(=O)O)c3ccc(S(=O)(=O)O)cc3C2(C)C)N(CCCS(=O)(=O)[O-])c2ccc(CNC(=O)CCCCCN3/C(=C/C=C/C4=Nc5c(ccc[n+]5CCCS(=O)(=O)[O-])C4(C)C)C(C)(C)c4cc(S(=O)(=O)O)ccc43)cc21. The fraction of sp³-hybridized carbons (Fsp3) is 0.453. The van der Waals surface area contributed by atoms with Crippen molar-refractivity contribution in [2.75, 3.05) is 40.9 Å². The van der Waals surface area contributed by atoms with Crippen LogP contribution in [0, 0.1) is 0 Å². The van der Waals surface area contributed by atoms with Crippen molar-refractivity contribution >= 4 is 86.7 Å². The molecule has 21 nitrogen and oxygen atoms in total. The number of rotatable bonds is 28. The van der Waals surface area contributed by atoms with Crippen LogP contribution >= 0.6 is 0 Å². The monoisotopic (exact) mass is 1300 g/mol. The van der Waals surface area contributed by atoms with Gasteiger partial charge in [0, 0.05) is 102 Å². The summed E-state index contributed by atoms with van der Waals surface area (Å²) < 4.78 is 142. The van der Waals surface area contributed by atoms with Gasteiger partial charge < -0.3 is 29.3 Å². The van der Waals surface area contributed by atoms with E-state index in [-0.39, 0.29) is 54.5 Å². The van der Waals surface area contributed by atoms with Gasteiger partial charge in [-0.2, -0.15) is 21.4 Å². The largest absolute Gasteiger partial charge is 0.748 e. The summed E-state index contributed by atoms with van der Waals surface area (Å²) in [5.41, 5.74) is 7.10. The average Bonchev–Trinajstić information content (AvgIpc) is 1.66. The number of carboxylic acid groups (broad SMARTS) is 1. The van der Waals surface area contributed by atoms with Crippen LogP contribution in [0.2, 0.25) is 0 Å². The number of amides is 1. The first kappa shape index (κ1) is 68.2. The molecule has 0 saturated carbocycles. The van der Waals surface area contributed by atoms with E-state index in [0.717, 1.165) is 56.6 Å². The van der Waals surface area contributed by atoms with Gasteiger partial charge in [-0.25, -0.2) is 21.4 Å². The van der Waals surface area contributed by atoms with E-state index in [0.29, 0.717) is 75.1 Å². The Labute approximate surface area is 523 Å². The lowest BCUT2D eigenvalue weighted by molar-refractivity contribution is -0.684. The zero-order valence-electron chi connectivity index (χ0n) is 51.5. The van der Waals surface area contributed by atoms with Gasteiger partial charge >= 0.3 is 11.8 Å². The fourth-order valence-corrected chi connectivity index (χ4v) is 14.7. The molecule has 1 aromatic heterocycles. The summed E-state index contributed by atoms with van der Waals surface area (Å²) in [6, 6.07) is 18.8. The van der Waals surface area contributed by atoms with Gasteiger partial charge in [0.2, 0.25) is 11.6 Å². The summed E-state index contributed by atoms with van der Waals surface area (Å²) in [7, 11) is -17.9. The maximum Gasteiger partial charge on any atom is 0.327 e. The maximum atomic E-state index is 13.5. The molecule has 4 aliphatic heterocycles. The number of unbranched alkanes of at least 4 members (excludes halogenated alkanes) is 4. The van der Waals surface area contributed by atoms with Crippen molar-refractivity contribution < 1.29 is 75.7 Å². The number of fused-ring (bicyclic) bond motifs is 4. The minimum Gasteiger partial charge on any atom is -0.748 e. The highest BCUT2D eigenvalue weighted by molar-refractivity contribution is 7.86. The summed E-state index contributed by atoms with van der Waals surface area (Å²) in [5, 5.41) is 12.3. The number of nitrogens with zero attached hydrogens (tertiary/aromatic N) is 5. The molecule has 0 aliphatic carbocycles. The minimum atomic E-state index is -4.51. The Hall–Kier alpha value is -6.71. The van der Waals surface area contributed by atoms with Crippen LogP contribution in [-0.2, 0) is 84.8 Å². The molecule has 0 saturated heterocycles. The van der Waals surface area contributed by atoms with Crippen molar-refractivity contribution in [3.05, 3.63) is 149 Å². The van der Waals surface area contributed by atoms with E-state index in [1.807, 2.05) is 132 Å². The molecule has 0 spiro atoms. The van der Waals surface area contributed by atoms with Gasteiger partial charge in [0.15, 0.2) is 11.4 Å². The van der Waals surface area contributed by atoms with Crippen LogP contribution in [0.15, 0.2) is 136 Å². The molecule has 0 radical (unpaired) electrons. The van der Waals surface area contributed by atoms with E-state index in [2.05, 4.69) is 14.8 Å². The predicted octanol–water partition coefficient (Wildman–Crippen LogP) is 9.08. The van der Waals surface area contributed by atoms with Crippen molar-refractivity contribution in [2.45, 2.75) is 164 Å². The Morgan fingerprint density at radius 1 is 0.596 bits per heavy atom. The second-order valence-corrected chi connectivity index (χ2v) is 31.2. The molecule has 4 N–H and O–H groups in total. The lowest BCUT2D eigenvalue weighted by Crippen LogP contribution is -2.35. The van der Waals surface area contributed by atoms with Gasteiger partial charge in [0.1, 0.15) is 6.54 Å². The van der Waals surface area contributed by atoms with Gasteiger partial charge in [0.25, 0.3) is 20.2 Å². The zero-order chi connectivity index (χ0) is 65.3. The number of anilines is 2. The van der Waals surface area contributed by atoms with E-state index >= 15 is 0 Å². The van der Waals surface area contributed by atoms with E-state index in [1.54, 1.807) is 18.3 Å².